The highest BCUT2D eigenvalue weighted by Crippen LogP contribution is 2.28. The molecule has 0 spiro atoms. The number of nitrogens with zero attached hydrogens (tertiary/aromatic N) is 3. The summed E-state index contributed by atoms with van der Waals surface area (Å²) in [5.41, 5.74) is 0. The fraction of sp³-hybridized carbons (Fsp3) is 0.857. The summed E-state index contributed by atoms with van der Waals surface area (Å²) in [7, 11) is 1.91. The molecule has 0 bridgehead atoms. The number of nitrogens with one attached hydrogen (secondary N) is 1. The van der Waals surface area contributed by atoms with Gasteiger partial charge in [0.25, 0.3) is 0 Å². The largest absolute Gasteiger partial charge is 0.307 e. The molecule has 1 aliphatic carbocycles. The van der Waals surface area contributed by atoms with Crippen molar-refractivity contribution in [3.63, 3.8) is 0 Å². The Bertz CT molecular complexity index is 358. The van der Waals surface area contributed by atoms with Crippen molar-refractivity contribution >= 4 is 0 Å². The van der Waals surface area contributed by atoms with Crippen molar-refractivity contribution in [1.82, 2.24) is 20.1 Å². The van der Waals surface area contributed by atoms with E-state index in [0.29, 0.717) is 6.04 Å². The Hall–Kier alpha value is -0.900. The molecule has 4 nitrogen and oxygen atoms in total. The first-order valence-corrected chi connectivity index (χ1v) is 7.23. The summed E-state index contributed by atoms with van der Waals surface area (Å²) in [5.74, 6) is 2.66. The molecule has 18 heavy (non-hydrogen) atoms. The Labute approximate surface area is 110 Å². The predicted octanol–water partition coefficient (Wildman–Crippen LogP) is 2.51. The van der Waals surface area contributed by atoms with Crippen LogP contribution in [0.4, 0.5) is 0 Å². The number of hydrogen-bond acceptors (Lipinski definition) is 3. The number of rotatable bonds is 4. The standard InChI is InChI=1S/C14H26N4/c1-11(2)12-5-4-6-13(8-7-12)15-9-14-16-10-18(3)17-14/h10-13,15H,4-9H2,1-3H3. The van der Waals surface area contributed by atoms with Gasteiger partial charge in [-0.1, -0.05) is 26.7 Å². The van der Waals surface area contributed by atoms with Gasteiger partial charge >= 0.3 is 0 Å². The summed E-state index contributed by atoms with van der Waals surface area (Å²) < 4.78 is 1.76. The van der Waals surface area contributed by atoms with Crippen molar-refractivity contribution in [2.45, 2.75) is 58.5 Å². The minimum absolute atomic E-state index is 0.651. The lowest BCUT2D eigenvalue weighted by Crippen LogP contribution is -2.28. The minimum atomic E-state index is 0.651. The molecule has 1 aromatic rings. The molecule has 2 unspecified atom stereocenters. The Morgan fingerprint density at radius 1 is 1.33 bits per heavy atom. The van der Waals surface area contributed by atoms with Crippen LogP contribution in [-0.2, 0) is 13.6 Å². The van der Waals surface area contributed by atoms with Gasteiger partial charge in [0.15, 0.2) is 5.82 Å². The molecular formula is C14H26N4. The highest BCUT2D eigenvalue weighted by Gasteiger charge is 2.20. The molecule has 0 radical (unpaired) electrons. The average Bonchev–Trinajstić information content (AvgIpc) is 2.62. The zero-order valence-electron chi connectivity index (χ0n) is 11.9. The maximum Gasteiger partial charge on any atom is 0.164 e. The highest BCUT2D eigenvalue weighted by molar-refractivity contribution is 4.83. The summed E-state index contributed by atoms with van der Waals surface area (Å²) in [5, 5.41) is 7.92. The van der Waals surface area contributed by atoms with E-state index in [1.54, 1.807) is 11.0 Å². The lowest BCUT2D eigenvalue weighted by atomic mass is 9.89. The second-order valence-electron chi connectivity index (χ2n) is 5.92. The highest BCUT2D eigenvalue weighted by atomic mass is 15.3. The van der Waals surface area contributed by atoms with Gasteiger partial charge in [0.2, 0.25) is 0 Å². The molecule has 0 aliphatic heterocycles. The van der Waals surface area contributed by atoms with E-state index in [9.17, 15) is 0 Å². The average molecular weight is 250 g/mol. The van der Waals surface area contributed by atoms with Crippen LogP contribution in [0.5, 0.6) is 0 Å². The van der Waals surface area contributed by atoms with Gasteiger partial charge in [-0.2, -0.15) is 5.10 Å². The van der Waals surface area contributed by atoms with Gasteiger partial charge in [0.1, 0.15) is 6.33 Å². The minimum Gasteiger partial charge on any atom is -0.307 e. The molecule has 1 heterocycles. The van der Waals surface area contributed by atoms with Crippen molar-refractivity contribution in [1.29, 1.82) is 0 Å². The third-order valence-electron chi connectivity index (χ3n) is 4.15. The van der Waals surface area contributed by atoms with Crippen LogP contribution in [0.25, 0.3) is 0 Å². The molecule has 2 rings (SSSR count). The van der Waals surface area contributed by atoms with E-state index in [1.165, 1.54) is 32.1 Å². The zero-order valence-corrected chi connectivity index (χ0v) is 11.9. The molecule has 2 atom stereocenters. The van der Waals surface area contributed by atoms with Crippen LogP contribution >= 0.6 is 0 Å². The first kappa shape index (κ1) is 13.5. The molecule has 1 N–H and O–H groups in total. The first-order valence-electron chi connectivity index (χ1n) is 7.23. The third kappa shape index (κ3) is 3.80. The second kappa shape index (κ2) is 6.32. The van der Waals surface area contributed by atoms with Crippen LogP contribution in [0.1, 0.15) is 51.8 Å². The van der Waals surface area contributed by atoms with Crippen LogP contribution < -0.4 is 5.32 Å². The van der Waals surface area contributed by atoms with Crippen LogP contribution in [0, 0.1) is 11.8 Å². The second-order valence-corrected chi connectivity index (χ2v) is 5.92. The number of aryl methyl sites for hydroxylation is 1. The monoisotopic (exact) mass is 250 g/mol. The Morgan fingerprint density at radius 3 is 2.83 bits per heavy atom. The fourth-order valence-electron chi connectivity index (χ4n) is 2.90. The van der Waals surface area contributed by atoms with E-state index < -0.39 is 0 Å². The smallest absolute Gasteiger partial charge is 0.164 e. The lowest BCUT2D eigenvalue weighted by Gasteiger charge is -2.18. The van der Waals surface area contributed by atoms with E-state index in [4.69, 9.17) is 0 Å². The summed E-state index contributed by atoms with van der Waals surface area (Å²) in [6.45, 7) is 5.52. The van der Waals surface area contributed by atoms with E-state index in [2.05, 4.69) is 29.2 Å². The maximum atomic E-state index is 4.30. The van der Waals surface area contributed by atoms with Gasteiger partial charge < -0.3 is 5.32 Å². The topological polar surface area (TPSA) is 42.7 Å². The van der Waals surface area contributed by atoms with E-state index in [-0.39, 0.29) is 0 Å². The van der Waals surface area contributed by atoms with Crippen molar-refractivity contribution in [2.75, 3.05) is 0 Å². The van der Waals surface area contributed by atoms with Crippen LogP contribution in [0.3, 0.4) is 0 Å². The van der Waals surface area contributed by atoms with Gasteiger partial charge in [0.05, 0.1) is 6.54 Å². The molecule has 1 fully saturated rings. The SMILES string of the molecule is CC(C)C1CCCC(NCc2ncn(C)n2)CC1. The van der Waals surface area contributed by atoms with Gasteiger partial charge in [-0.25, -0.2) is 4.98 Å². The van der Waals surface area contributed by atoms with Crippen LogP contribution in [-0.4, -0.2) is 20.8 Å². The van der Waals surface area contributed by atoms with Crippen molar-refractivity contribution in [3.8, 4) is 0 Å². The van der Waals surface area contributed by atoms with Crippen molar-refractivity contribution in [3.05, 3.63) is 12.2 Å². The molecule has 4 heteroatoms. The molecule has 1 aromatic heterocycles. The van der Waals surface area contributed by atoms with E-state index in [1.807, 2.05) is 7.05 Å². The maximum absolute atomic E-state index is 4.30. The molecule has 102 valence electrons. The molecule has 0 amide bonds. The Kier molecular flexibility index (Phi) is 4.75. The van der Waals surface area contributed by atoms with Gasteiger partial charge in [-0.15, -0.1) is 0 Å². The Balaban J connectivity index is 1.77. The van der Waals surface area contributed by atoms with Gasteiger partial charge in [-0.05, 0) is 31.1 Å². The normalized spacial score (nSPS) is 25.3. The summed E-state index contributed by atoms with van der Waals surface area (Å²) in [4.78, 5) is 4.26. The van der Waals surface area contributed by atoms with Crippen LogP contribution in [0.2, 0.25) is 0 Å². The van der Waals surface area contributed by atoms with Crippen molar-refractivity contribution in [2.24, 2.45) is 18.9 Å². The fourth-order valence-corrected chi connectivity index (χ4v) is 2.90. The first-order chi connectivity index (χ1) is 8.65. The van der Waals surface area contributed by atoms with E-state index >= 15 is 0 Å². The summed E-state index contributed by atoms with van der Waals surface area (Å²) in [6.07, 6.45) is 8.49. The number of hydrogen-bond donors (Lipinski definition) is 1. The molecule has 1 saturated carbocycles. The zero-order chi connectivity index (χ0) is 13.0. The number of aromatic nitrogens is 3. The van der Waals surface area contributed by atoms with Crippen molar-refractivity contribution < 1.29 is 0 Å². The molecule has 0 saturated heterocycles. The third-order valence-corrected chi connectivity index (χ3v) is 4.15. The lowest BCUT2D eigenvalue weighted by molar-refractivity contribution is 0.337. The summed E-state index contributed by atoms with van der Waals surface area (Å²) in [6, 6.07) is 0.651. The predicted molar refractivity (Wildman–Crippen MR) is 73.0 cm³/mol. The van der Waals surface area contributed by atoms with Gasteiger partial charge in [0, 0.05) is 13.1 Å². The molecule has 1 aliphatic rings. The van der Waals surface area contributed by atoms with Crippen LogP contribution in [0.15, 0.2) is 6.33 Å². The summed E-state index contributed by atoms with van der Waals surface area (Å²) >= 11 is 0. The quantitative estimate of drug-likeness (QED) is 0.835. The van der Waals surface area contributed by atoms with Gasteiger partial charge in [-0.3, -0.25) is 4.68 Å². The molecular weight excluding hydrogens is 224 g/mol. The molecule has 0 aromatic carbocycles. The van der Waals surface area contributed by atoms with E-state index in [0.717, 1.165) is 24.2 Å². The Morgan fingerprint density at radius 2 is 2.17 bits per heavy atom.